The summed E-state index contributed by atoms with van der Waals surface area (Å²) in [5, 5.41) is 13.1. The van der Waals surface area contributed by atoms with Crippen LogP contribution in [0, 0.1) is 0 Å². The highest BCUT2D eigenvalue weighted by molar-refractivity contribution is 9.10. The van der Waals surface area contributed by atoms with Crippen molar-refractivity contribution in [3.8, 4) is 11.5 Å². The number of unbranched alkanes of at least 4 members (excludes halogenated alkanes) is 1. The lowest BCUT2D eigenvalue weighted by molar-refractivity contribution is -0.116. The van der Waals surface area contributed by atoms with Gasteiger partial charge >= 0.3 is 0 Å². The molecule has 0 heterocycles. The Morgan fingerprint density at radius 3 is 2.85 bits per heavy atom. The number of rotatable bonds is 7. The van der Waals surface area contributed by atoms with Gasteiger partial charge in [-0.25, -0.2) is 0 Å². The number of benzene rings is 2. The molecule has 0 radical (unpaired) electrons. The average Bonchev–Trinajstić information content (AvgIpc) is 2.62. The topological polar surface area (TPSA) is 70.9 Å². The van der Waals surface area contributed by atoms with Crippen LogP contribution in [0.25, 0.3) is 0 Å². The number of halogens is 2. The van der Waals surface area contributed by atoms with Crippen molar-refractivity contribution in [2.45, 2.75) is 26.2 Å². The average molecular weight is 440 g/mol. The van der Waals surface area contributed by atoms with E-state index in [1.54, 1.807) is 30.3 Å². The van der Waals surface area contributed by atoms with Gasteiger partial charge in [0.15, 0.2) is 0 Å². The molecule has 0 aliphatic rings. The molecule has 0 fully saturated rings. The summed E-state index contributed by atoms with van der Waals surface area (Å²) in [5.74, 6) is 0.432. The Balaban J connectivity index is 2.20. The van der Waals surface area contributed by atoms with Gasteiger partial charge in [-0.1, -0.05) is 40.9 Å². The van der Waals surface area contributed by atoms with E-state index in [-0.39, 0.29) is 16.7 Å². The molecule has 5 nitrogen and oxygen atoms in total. The molecule has 2 aromatic carbocycles. The smallest absolute Gasteiger partial charge is 0.224 e. The number of amides is 1. The van der Waals surface area contributed by atoms with Gasteiger partial charge in [0.1, 0.15) is 11.5 Å². The first-order valence-electron chi connectivity index (χ1n) is 8.14. The molecule has 2 aromatic rings. The molecular weight excluding hydrogens is 420 g/mol. The van der Waals surface area contributed by atoms with E-state index >= 15 is 0 Å². The quantitative estimate of drug-likeness (QED) is 0.544. The molecule has 1 amide bonds. The van der Waals surface area contributed by atoms with Crippen molar-refractivity contribution in [3.05, 3.63) is 45.4 Å². The first kappa shape index (κ1) is 20.3. The van der Waals surface area contributed by atoms with Crippen LogP contribution in [0.1, 0.15) is 31.7 Å². The zero-order valence-electron chi connectivity index (χ0n) is 14.6. The molecule has 138 valence electrons. The Bertz CT molecular complexity index is 825. The van der Waals surface area contributed by atoms with Crippen molar-refractivity contribution in [1.82, 2.24) is 0 Å². The summed E-state index contributed by atoms with van der Waals surface area (Å²) in [4.78, 5) is 16.2. The fourth-order valence-corrected chi connectivity index (χ4v) is 3.08. The van der Waals surface area contributed by atoms with E-state index in [4.69, 9.17) is 16.3 Å². The van der Waals surface area contributed by atoms with E-state index in [0.29, 0.717) is 29.1 Å². The number of hydrogen-bond donors (Lipinski definition) is 2. The van der Waals surface area contributed by atoms with Crippen LogP contribution in [0.3, 0.4) is 0 Å². The van der Waals surface area contributed by atoms with E-state index in [2.05, 4.69) is 26.2 Å². The second-order valence-corrected chi connectivity index (χ2v) is 6.94. The summed E-state index contributed by atoms with van der Waals surface area (Å²) in [6.45, 7) is 2.04. The molecule has 0 aliphatic carbocycles. The number of nitrogens with zero attached hydrogens (tertiary/aromatic N) is 1. The largest absolute Gasteiger partial charge is 0.506 e. The lowest BCUT2D eigenvalue weighted by Gasteiger charge is -2.10. The second kappa shape index (κ2) is 9.59. The van der Waals surface area contributed by atoms with Crippen molar-refractivity contribution >= 4 is 51.0 Å². The molecule has 7 heteroatoms. The standard InChI is InChI=1S/C19H20BrClN2O3/c1-3-4-5-18(24)23-16-7-6-14(10-17(16)26-2)22-11-12-8-13(20)9-15(21)19(12)25/h6-11,25H,3-5H2,1-2H3,(H,23,24). The van der Waals surface area contributed by atoms with Gasteiger partial charge in [-0.15, -0.1) is 0 Å². The summed E-state index contributed by atoms with van der Waals surface area (Å²) in [6.07, 6.45) is 3.79. The second-order valence-electron chi connectivity index (χ2n) is 5.62. The van der Waals surface area contributed by atoms with E-state index in [0.717, 1.165) is 17.3 Å². The van der Waals surface area contributed by atoms with Gasteiger partial charge < -0.3 is 15.2 Å². The maximum atomic E-state index is 11.9. The molecule has 0 aromatic heterocycles. The summed E-state index contributed by atoms with van der Waals surface area (Å²) in [6, 6.07) is 8.52. The minimum atomic E-state index is -0.0462. The number of carbonyl (C=O) groups excluding carboxylic acids is 1. The first-order valence-corrected chi connectivity index (χ1v) is 9.31. The maximum Gasteiger partial charge on any atom is 0.224 e. The third-order valence-electron chi connectivity index (χ3n) is 3.63. The molecule has 26 heavy (non-hydrogen) atoms. The number of methoxy groups -OCH3 is 1. The highest BCUT2D eigenvalue weighted by atomic mass is 79.9. The Morgan fingerprint density at radius 1 is 1.38 bits per heavy atom. The normalized spacial score (nSPS) is 10.9. The SMILES string of the molecule is CCCCC(=O)Nc1ccc(N=Cc2cc(Br)cc(Cl)c2O)cc1OC. The van der Waals surface area contributed by atoms with Crippen LogP contribution in [0.2, 0.25) is 5.02 Å². The molecule has 0 bridgehead atoms. The summed E-state index contributed by atoms with van der Waals surface area (Å²) in [5.41, 5.74) is 1.70. The van der Waals surface area contributed by atoms with E-state index < -0.39 is 0 Å². The van der Waals surface area contributed by atoms with Gasteiger partial charge in [0, 0.05) is 28.7 Å². The van der Waals surface area contributed by atoms with E-state index in [1.165, 1.54) is 13.3 Å². The van der Waals surface area contributed by atoms with Crippen molar-refractivity contribution in [2.75, 3.05) is 12.4 Å². The molecule has 0 unspecified atom stereocenters. The van der Waals surface area contributed by atoms with Crippen molar-refractivity contribution in [1.29, 1.82) is 0 Å². The Hall–Kier alpha value is -2.05. The van der Waals surface area contributed by atoms with E-state index in [1.807, 2.05) is 6.92 Å². The lowest BCUT2D eigenvalue weighted by Crippen LogP contribution is -2.11. The minimum absolute atomic E-state index is 0.0367. The predicted octanol–water partition coefficient (Wildman–Crippen LogP) is 5.70. The number of anilines is 1. The lowest BCUT2D eigenvalue weighted by atomic mass is 10.2. The van der Waals surface area contributed by atoms with Crippen LogP contribution in [-0.4, -0.2) is 24.3 Å². The maximum absolute atomic E-state index is 11.9. The molecule has 0 aliphatic heterocycles. The van der Waals surface area contributed by atoms with Crippen LogP contribution in [0.4, 0.5) is 11.4 Å². The first-order chi connectivity index (χ1) is 12.4. The van der Waals surface area contributed by atoms with Crippen LogP contribution < -0.4 is 10.1 Å². The van der Waals surface area contributed by atoms with Gasteiger partial charge in [-0.3, -0.25) is 9.79 Å². The van der Waals surface area contributed by atoms with Gasteiger partial charge in [0.05, 0.1) is 23.5 Å². The molecule has 2 N–H and O–H groups in total. The van der Waals surface area contributed by atoms with Crippen LogP contribution in [0.15, 0.2) is 39.8 Å². The number of phenolic OH excluding ortho intramolecular Hbond substituents is 1. The minimum Gasteiger partial charge on any atom is -0.506 e. The van der Waals surface area contributed by atoms with Crippen molar-refractivity contribution in [2.24, 2.45) is 4.99 Å². The number of carbonyl (C=O) groups is 1. The van der Waals surface area contributed by atoms with Gasteiger partial charge in [-0.2, -0.15) is 0 Å². The number of aliphatic imine (C=N–C) groups is 1. The molecule has 2 rings (SSSR count). The molecule has 0 spiro atoms. The Labute approximate surface area is 166 Å². The predicted molar refractivity (Wildman–Crippen MR) is 109 cm³/mol. The van der Waals surface area contributed by atoms with Gasteiger partial charge in [-0.05, 0) is 30.7 Å². The van der Waals surface area contributed by atoms with Crippen molar-refractivity contribution in [3.63, 3.8) is 0 Å². The third kappa shape index (κ3) is 5.47. The number of nitrogens with one attached hydrogen (secondary N) is 1. The molecule has 0 atom stereocenters. The Morgan fingerprint density at radius 2 is 2.15 bits per heavy atom. The summed E-state index contributed by atoms with van der Waals surface area (Å²) in [7, 11) is 1.53. The highest BCUT2D eigenvalue weighted by Crippen LogP contribution is 2.32. The number of ether oxygens (including phenoxy) is 1. The van der Waals surface area contributed by atoms with E-state index in [9.17, 15) is 9.90 Å². The monoisotopic (exact) mass is 438 g/mol. The molecule has 0 saturated carbocycles. The van der Waals surface area contributed by atoms with Crippen LogP contribution >= 0.6 is 27.5 Å². The third-order valence-corrected chi connectivity index (χ3v) is 4.37. The van der Waals surface area contributed by atoms with Crippen LogP contribution in [0.5, 0.6) is 11.5 Å². The zero-order valence-corrected chi connectivity index (χ0v) is 16.9. The summed E-state index contributed by atoms with van der Waals surface area (Å²) < 4.78 is 6.08. The fourth-order valence-electron chi connectivity index (χ4n) is 2.24. The Kier molecular flexibility index (Phi) is 7.48. The zero-order chi connectivity index (χ0) is 19.1. The molecule has 0 saturated heterocycles. The summed E-state index contributed by atoms with van der Waals surface area (Å²) >= 11 is 9.28. The van der Waals surface area contributed by atoms with Gasteiger partial charge in [0.2, 0.25) is 5.91 Å². The number of hydrogen-bond acceptors (Lipinski definition) is 4. The fraction of sp³-hybridized carbons (Fsp3) is 0.263. The number of phenols is 1. The number of aromatic hydroxyl groups is 1. The van der Waals surface area contributed by atoms with Crippen molar-refractivity contribution < 1.29 is 14.6 Å². The van der Waals surface area contributed by atoms with Gasteiger partial charge in [0.25, 0.3) is 0 Å². The highest BCUT2D eigenvalue weighted by Gasteiger charge is 2.09. The van der Waals surface area contributed by atoms with Crippen LogP contribution in [-0.2, 0) is 4.79 Å². The molecular formula is C19H20BrClN2O3.